The van der Waals surface area contributed by atoms with Gasteiger partial charge in [0.25, 0.3) is 0 Å². The number of anilines is 1. The molecule has 1 N–H and O–H groups in total. The Balaban J connectivity index is 2.13. The molecule has 0 aliphatic carbocycles. The molecule has 4 heteroatoms. The van der Waals surface area contributed by atoms with E-state index in [9.17, 15) is 0 Å². The summed E-state index contributed by atoms with van der Waals surface area (Å²) in [6.07, 6.45) is 6.80. The molecule has 2 rings (SSSR count). The van der Waals surface area contributed by atoms with Gasteiger partial charge in [0.1, 0.15) is 0 Å². The van der Waals surface area contributed by atoms with Crippen LogP contribution in [0.15, 0.2) is 42.9 Å². The van der Waals surface area contributed by atoms with Crippen molar-refractivity contribution < 1.29 is 0 Å². The van der Waals surface area contributed by atoms with Crippen LogP contribution in [0.5, 0.6) is 0 Å². The van der Waals surface area contributed by atoms with E-state index in [0.717, 1.165) is 38.3 Å². The van der Waals surface area contributed by atoms with Gasteiger partial charge in [-0.2, -0.15) is 0 Å². The van der Waals surface area contributed by atoms with Crippen molar-refractivity contribution in [1.29, 1.82) is 0 Å². The third kappa shape index (κ3) is 4.53. The lowest BCUT2D eigenvalue weighted by Crippen LogP contribution is -2.25. The molecular formula is C17H24N4. The Morgan fingerprint density at radius 1 is 1.14 bits per heavy atom. The SMILES string of the molecule is CCCNCc1ccncc1N(CC)Cc1ccccn1. The van der Waals surface area contributed by atoms with Crippen molar-refractivity contribution in [3.63, 3.8) is 0 Å². The molecular weight excluding hydrogens is 260 g/mol. The molecule has 0 saturated carbocycles. The molecule has 112 valence electrons. The molecule has 0 spiro atoms. The van der Waals surface area contributed by atoms with E-state index in [1.807, 2.05) is 30.7 Å². The van der Waals surface area contributed by atoms with Crippen molar-refractivity contribution >= 4 is 5.69 Å². The quantitative estimate of drug-likeness (QED) is 0.757. The van der Waals surface area contributed by atoms with Crippen LogP contribution in [0.2, 0.25) is 0 Å². The predicted molar refractivity (Wildman–Crippen MR) is 87.2 cm³/mol. The minimum atomic E-state index is 0.809. The molecule has 0 amide bonds. The van der Waals surface area contributed by atoms with E-state index >= 15 is 0 Å². The number of pyridine rings is 2. The summed E-state index contributed by atoms with van der Waals surface area (Å²) in [7, 11) is 0. The van der Waals surface area contributed by atoms with E-state index in [4.69, 9.17) is 0 Å². The van der Waals surface area contributed by atoms with Crippen LogP contribution in [0.3, 0.4) is 0 Å². The minimum Gasteiger partial charge on any atom is -0.364 e. The molecule has 21 heavy (non-hydrogen) atoms. The average Bonchev–Trinajstić information content (AvgIpc) is 2.54. The highest BCUT2D eigenvalue weighted by atomic mass is 15.1. The highest BCUT2D eigenvalue weighted by Crippen LogP contribution is 2.20. The second-order valence-corrected chi connectivity index (χ2v) is 5.02. The standard InChI is InChI=1S/C17H24N4/c1-3-9-18-12-15-8-11-19-13-17(15)21(4-2)14-16-7-5-6-10-20-16/h5-8,10-11,13,18H,3-4,9,12,14H2,1-2H3. The predicted octanol–water partition coefficient (Wildman–Crippen LogP) is 3.00. The van der Waals surface area contributed by atoms with Crippen LogP contribution >= 0.6 is 0 Å². The van der Waals surface area contributed by atoms with Gasteiger partial charge in [0.05, 0.1) is 24.1 Å². The van der Waals surface area contributed by atoms with E-state index in [1.165, 1.54) is 11.3 Å². The highest BCUT2D eigenvalue weighted by molar-refractivity contribution is 5.51. The van der Waals surface area contributed by atoms with Gasteiger partial charge in [-0.3, -0.25) is 9.97 Å². The molecule has 0 aromatic carbocycles. The summed E-state index contributed by atoms with van der Waals surface area (Å²) >= 11 is 0. The second-order valence-electron chi connectivity index (χ2n) is 5.02. The van der Waals surface area contributed by atoms with Crippen LogP contribution in [0.4, 0.5) is 5.69 Å². The smallest absolute Gasteiger partial charge is 0.0602 e. The zero-order chi connectivity index (χ0) is 14.9. The van der Waals surface area contributed by atoms with Gasteiger partial charge in [-0.15, -0.1) is 0 Å². The maximum atomic E-state index is 4.42. The number of hydrogen-bond donors (Lipinski definition) is 1. The molecule has 0 saturated heterocycles. The average molecular weight is 284 g/mol. The van der Waals surface area contributed by atoms with Crippen molar-refractivity contribution in [2.45, 2.75) is 33.4 Å². The fourth-order valence-electron chi connectivity index (χ4n) is 2.30. The topological polar surface area (TPSA) is 41.1 Å². The molecule has 0 aliphatic rings. The van der Waals surface area contributed by atoms with Crippen LogP contribution in [-0.2, 0) is 13.1 Å². The summed E-state index contributed by atoms with van der Waals surface area (Å²) < 4.78 is 0. The number of nitrogens with zero attached hydrogens (tertiary/aromatic N) is 3. The fraction of sp³-hybridized carbons (Fsp3) is 0.412. The van der Waals surface area contributed by atoms with E-state index in [2.05, 4.69) is 46.2 Å². The Hall–Kier alpha value is -1.94. The molecule has 2 aromatic rings. The van der Waals surface area contributed by atoms with Crippen molar-refractivity contribution in [3.8, 4) is 0 Å². The third-order valence-corrected chi connectivity index (χ3v) is 3.43. The molecule has 0 bridgehead atoms. The molecule has 0 aliphatic heterocycles. The van der Waals surface area contributed by atoms with Crippen molar-refractivity contribution in [1.82, 2.24) is 15.3 Å². The Bertz CT molecular complexity index is 527. The van der Waals surface area contributed by atoms with E-state index in [0.29, 0.717) is 0 Å². The van der Waals surface area contributed by atoms with E-state index in [1.54, 1.807) is 0 Å². The lowest BCUT2D eigenvalue weighted by Gasteiger charge is -2.25. The van der Waals surface area contributed by atoms with Crippen molar-refractivity contribution in [3.05, 3.63) is 54.1 Å². The lowest BCUT2D eigenvalue weighted by molar-refractivity contribution is 0.670. The minimum absolute atomic E-state index is 0.809. The van der Waals surface area contributed by atoms with Crippen LogP contribution in [-0.4, -0.2) is 23.1 Å². The van der Waals surface area contributed by atoms with Gasteiger partial charge < -0.3 is 10.2 Å². The number of nitrogens with one attached hydrogen (secondary N) is 1. The van der Waals surface area contributed by atoms with Crippen molar-refractivity contribution in [2.24, 2.45) is 0 Å². The monoisotopic (exact) mass is 284 g/mol. The maximum absolute atomic E-state index is 4.42. The first-order chi connectivity index (χ1) is 10.3. The van der Waals surface area contributed by atoms with Crippen molar-refractivity contribution in [2.75, 3.05) is 18.0 Å². The number of rotatable bonds is 8. The van der Waals surface area contributed by atoms with Gasteiger partial charge in [-0.05, 0) is 43.7 Å². The van der Waals surface area contributed by atoms with Crippen LogP contribution in [0.25, 0.3) is 0 Å². The zero-order valence-corrected chi connectivity index (χ0v) is 12.9. The van der Waals surface area contributed by atoms with Gasteiger partial charge in [-0.25, -0.2) is 0 Å². The van der Waals surface area contributed by atoms with Crippen LogP contribution in [0.1, 0.15) is 31.5 Å². The second kappa shape index (κ2) is 8.37. The van der Waals surface area contributed by atoms with E-state index < -0.39 is 0 Å². The summed E-state index contributed by atoms with van der Waals surface area (Å²) in [6, 6.07) is 8.14. The summed E-state index contributed by atoms with van der Waals surface area (Å²) in [5.74, 6) is 0. The van der Waals surface area contributed by atoms with Gasteiger partial charge in [0.2, 0.25) is 0 Å². The zero-order valence-electron chi connectivity index (χ0n) is 12.9. The van der Waals surface area contributed by atoms with Gasteiger partial charge in [0, 0.05) is 25.5 Å². The lowest BCUT2D eigenvalue weighted by atomic mass is 10.2. The summed E-state index contributed by atoms with van der Waals surface area (Å²) in [6.45, 7) is 8.00. The Morgan fingerprint density at radius 2 is 2.05 bits per heavy atom. The van der Waals surface area contributed by atoms with Gasteiger partial charge in [0.15, 0.2) is 0 Å². The summed E-state index contributed by atoms with van der Waals surface area (Å²) in [5, 5.41) is 3.46. The fourth-order valence-corrected chi connectivity index (χ4v) is 2.30. The van der Waals surface area contributed by atoms with Gasteiger partial charge in [-0.1, -0.05) is 13.0 Å². The first kappa shape index (κ1) is 15.4. The summed E-state index contributed by atoms with van der Waals surface area (Å²) in [4.78, 5) is 11.0. The third-order valence-electron chi connectivity index (χ3n) is 3.43. The molecule has 2 aromatic heterocycles. The largest absolute Gasteiger partial charge is 0.364 e. The number of aromatic nitrogens is 2. The number of hydrogen-bond acceptors (Lipinski definition) is 4. The van der Waals surface area contributed by atoms with E-state index in [-0.39, 0.29) is 0 Å². The first-order valence-electron chi connectivity index (χ1n) is 7.63. The molecule has 0 unspecified atom stereocenters. The van der Waals surface area contributed by atoms with Crippen LogP contribution in [0, 0.1) is 0 Å². The molecule has 4 nitrogen and oxygen atoms in total. The van der Waals surface area contributed by atoms with Crippen LogP contribution < -0.4 is 10.2 Å². The Kier molecular flexibility index (Phi) is 6.16. The van der Waals surface area contributed by atoms with Gasteiger partial charge >= 0.3 is 0 Å². The normalized spacial score (nSPS) is 10.6. The Morgan fingerprint density at radius 3 is 2.76 bits per heavy atom. The highest BCUT2D eigenvalue weighted by Gasteiger charge is 2.10. The molecule has 0 atom stereocenters. The Labute approximate surface area is 127 Å². The molecule has 0 radical (unpaired) electrons. The first-order valence-corrected chi connectivity index (χ1v) is 7.63. The molecule has 2 heterocycles. The summed E-state index contributed by atoms with van der Waals surface area (Å²) in [5.41, 5.74) is 3.56. The molecule has 0 fully saturated rings. The maximum Gasteiger partial charge on any atom is 0.0602 e.